The molecular weight excluding hydrogens is 286 g/mol. The molecule has 0 spiro atoms. The van der Waals surface area contributed by atoms with Crippen molar-refractivity contribution in [2.45, 2.75) is 80.2 Å². The lowest BCUT2D eigenvalue weighted by atomic mass is 10.1. The van der Waals surface area contributed by atoms with Gasteiger partial charge in [0.2, 0.25) is 5.91 Å². The Kier molecular flexibility index (Phi) is 17.2. The molecule has 0 unspecified atom stereocenters. The fourth-order valence-electron chi connectivity index (χ4n) is 1.84. The maximum absolute atomic E-state index is 11.5. The highest BCUT2D eigenvalue weighted by molar-refractivity contribution is 5.95. The van der Waals surface area contributed by atoms with Crippen LogP contribution in [0.4, 0.5) is 0 Å². The Morgan fingerprint density at radius 1 is 0.913 bits per heavy atom. The van der Waals surface area contributed by atoms with E-state index in [1.165, 1.54) is 0 Å². The summed E-state index contributed by atoms with van der Waals surface area (Å²) in [5.41, 5.74) is 1.76. The second kappa shape index (κ2) is 16.7. The van der Waals surface area contributed by atoms with E-state index >= 15 is 0 Å². The fourth-order valence-corrected chi connectivity index (χ4v) is 1.84. The normalized spacial score (nSPS) is 8.96. The van der Waals surface area contributed by atoms with Crippen LogP contribution < -0.4 is 5.32 Å². The topological polar surface area (TPSA) is 46.2 Å². The first-order chi connectivity index (χ1) is 11.2. The molecular formula is C20H35NO2. The number of rotatable bonds is 8. The summed E-state index contributed by atoms with van der Waals surface area (Å²) >= 11 is 0. The Balaban J connectivity index is 0. The molecule has 0 radical (unpaired) electrons. The molecule has 0 heterocycles. The number of hydrogen-bond acceptors (Lipinski definition) is 2. The standard InChI is InChI=1S/C16H23NO2.2C2H6/c1-3-5-6-7-16(19)17-12-13-8-10-14(11-9-13)15(18)4-2;2*1-2/h8-11H,3-7,12H2,1-2H3,(H,17,19);2*1-2H3. The molecule has 3 nitrogen and oxygen atoms in total. The van der Waals surface area contributed by atoms with Crippen molar-refractivity contribution in [1.29, 1.82) is 0 Å². The molecule has 0 aliphatic heterocycles. The molecule has 1 aromatic rings. The fraction of sp³-hybridized carbons (Fsp3) is 0.600. The Morgan fingerprint density at radius 3 is 1.96 bits per heavy atom. The number of amides is 1. The quantitative estimate of drug-likeness (QED) is 0.505. The number of benzene rings is 1. The Hall–Kier alpha value is -1.64. The van der Waals surface area contributed by atoms with Gasteiger partial charge in [0.1, 0.15) is 0 Å². The van der Waals surface area contributed by atoms with Crippen LogP contribution in [-0.4, -0.2) is 11.7 Å². The molecule has 1 aromatic carbocycles. The number of carbonyl (C=O) groups is 2. The SMILES string of the molecule is CC.CC.CCCCCC(=O)NCc1ccc(C(=O)CC)cc1. The Bertz CT molecular complexity index is 410. The summed E-state index contributed by atoms with van der Waals surface area (Å²) in [7, 11) is 0. The smallest absolute Gasteiger partial charge is 0.220 e. The van der Waals surface area contributed by atoms with E-state index in [0.717, 1.165) is 30.4 Å². The third-order valence-corrected chi connectivity index (χ3v) is 3.09. The van der Waals surface area contributed by atoms with Gasteiger partial charge in [0, 0.05) is 24.9 Å². The van der Waals surface area contributed by atoms with E-state index in [9.17, 15) is 9.59 Å². The van der Waals surface area contributed by atoms with Crippen molar-refractivity contribution < 1.29 is 9.59 Å². The molecule has 0 atom stereocenters. The van der Waals surface area contributed by atoms with Crippen LogP contribution in [0.15, 0.2) is 24.3 Å². The van der Waals surface area contributed by atoms with Crippen LogP contribution in [0.3, 0.4) is 0 Å². The van der Waals surface area contributed by atoms with Crippen molar-refractivity contribution in [2.75, 3.05) is 0 Å². The van der Waals surface area contributed by atoms with Gasteiger partial charge in [0.05, 0.1) is 0 Å². The lowest BCUT2D eigenvalue weighted by molar-refractivity contribution is -0.121. The number of nitrogens with one attached hydrogen (secondary N) is 1. The number of ketones is 1. The van der Waals surface area contributed by atoms with Crippen LogP contribution in [0.2, 0.25) is 0 Å². The molecule has 1 N–H and O–H groups in total. The predicted molar refractivity (Wildman–Crippen MR) is 99.7 cm³/mol. The first kappa shape index (κ1) is 23.6. The minimum Gasteiger partial charge on any atom is -0.352 e. The van der Waals surface area contributed by atoms with Gasteiger partial charge in [-0.25, -0.2) is 0 Å². The maximum Gasteiger partial charge on any atom is 0.220 e. The van der Waals surface area contributed by atoms with Crippen molar-refractivity contribution in [3.63, 3.8) is 0 Å². The monoisotopic (exact) mass is 321 g/mol. The second-order valence-corrected chi connectivity index (χ2v) is 4.71. The predicted octanol–water partition coefficient (Wildman–Crippen LogP) is 5.53. The van der Waals surface area contributed by atoms with Crippen LogP contribution in [0.5, 0.6) is 0 Å². The van der Waals surface area contributed by atoms with Gasteiger partial charge in [-0.3, -0.25) is 9.59 Å². The highest BCUT2D eigenvalue weighted by atomic mass is 16.1. The van der Waals surface area contributed by atoms with Crippen LogP contribution >= 0.6 is 0 Å². The van der Waals surface area contributed by atoms with Crippen molar-refractivity contribution in [1.82, 2.24) is 5.32 Å². The summed E-state index contributed by atoms with van der Waals surface area (Å²) in [6.07, 6.45) is 4.29. The largest absolute Gasteiger partial charge is 0.352 e. The van der Waals surface area contributed by atoms with Crippen LogP contribution in [0.1, 0.15) is 89.6 Å². The first-order valence-corrected chi connectivity index (χ1v) is 9.06. The summed E-state index contributed by atoms with van der Waals surface area (Å²) in [6.45, 7) is 12.5. The third kappa shape index (κ3) is 11.6. The molecule has 0 aromatic heterocycles. The number of carbonyl (C=O) groups excluding carboxylic acids is 2. The minimum atomic E-state index is 0.0992. The molecule has 0 bridgehead atoms. The van der Waals surface area contributed by atoms with E-state index in [2.05, 4.69) is 12.2 Å². The van der Waals surface area contributed by atoms with Gasteiger partial charge in [-0.2, -0.15) is 0 Å². The summed E-state index contributed by atoms with van der Waals surface area (Å²) < 4.78 is 0. The minimum absolute atomic E-state index is 0.0992. The summed E-state index contributed by atoms with van der Waals surface area (Å²) in [6, 6.07) is 7.44. The van der Waals surface area contributed by atoms with Gasteiger partial charge in [-0.1, -0.05) is 78.6 Å². The lowest BCUT2D eigenvalue weighted by Gasteiger charge is -2.06. The highest BCUT2D eigenvalue weighted by Crippen LogP contribution is 2.07. The molecule has 3 heteroatoms. The number of Topliss-reactive ketones (excluding diaryl/α,β-unsaturated/α-hetero) is 1. The lowest BCUT2D eigenvalue weighted by Crippen LogP contribution is -2.22. The molecule has 23 heavy (non-hydrogen) atoms. The van der Waals surface area contributed by atoms with E-state index in [1.54, 1.807) is 0 Å². The number of hydrogen-bond donors (Lipinski definition) is 1. The molecule has 0 saturated carbocycles. The molecule has 0 aliphatic rings. The van der Waals surface area contributed by atoms with Crippen molar-refractivity contribution >= 4 is 11.7 Å². The average Bonchev–Trinajstić information content (AvgIpc) is 2.63. The average molecular weight is 322 g/mol. The molecule has 0 fully saturated rings. The third-order valence-electron chi connectivity index (χ3n) is 3.09. The summed E-state index contributed by atoms with van der Waals surface area (Å²) in [5.74, 6) is 0.248. The van der Waals surface area contributed by atoms with E-state index in [1.807, 2.05) is 58.9 Å². The van der Waals surface area contributed by atoms with Gasteiger partial charge >= 0.3 is 0 Å². The summed E-state index contributed by atoms with van der Waals surface area (Å²) in [5, 5.41) is 2.90. The maximum atomic E-state index is 11.5. The van der Waals surface area contributed by atoms with Crippen LogP contribution in [0, 0.1) is 0 Å². The van der Waals surface area contributed by atoms with Gasteiger partial charge in [0.25, 0.3) is 0 Å². The van der Waals surface area contributed by atoms with E-state index in [-0.39, 0.29) is 11.7 Å². The van der Waals surface area contributed by atoms with E-state index in [4.69, 9.17) is 0 Å². The van der Waals surface area contributed by atoms with Gasteiger partial charge in [-0.15, -0.1) is 0 Å². The number of unbranched alkanes of at least 4 members (excludes halogenated alkanes) is 2. The molecule has 0 aliphatic carbocycles. The summed E-state index contributed by atoms with van der Waals surface area (Å²) in [4.78, 5) is 23.0. The first-order valence-electron chi connectivity index (χ1n) is 9.06. The van der Waals surface area contributed by atoms with Crippen molar-refractivity contribution in [3.05, 3.63) is 35.4 Å². The Labute approximate surface area is 142 Å². The zero-order valence-corrected chi connectivity index (χ0v) is 15.9. The van der Waals surface area contributed by atoms with Crippen LogP contribution in [0.25, 0.3) is 0 Å². The van der Waals surface area contributed by atoms with E-state index in [0.29, 0.717) is 19.4 Å². The Morgan fingerprint density at radius 2 is 1.48 bits per heavy atom. The zero-order chi connectivity index (χ0) is 18.1. The highest BCUT2D eigenvalue weighted by Gasteiger charge is 2.04. The second-order valence-electron chi connectivity index (χ2n) is 4.71. The van der Waals surface area contributed by atoms with Crippen molar-refractivity contribution in [3.8, 4) is 0 Å². The van der Waals surface area contributed by atoms with Crippen molar-refractivity contribution in [2.24, 2.45) is 0 Å². The molecule has 132 valence electrons. The van der Waals surface area contributed by atoms with Gasteiger partial charge in [0.15, 0.2) is 5.78 Å². The van der Waals surface area contributed by atoms with Gasteiger partial charge in [-0.05, 0) is 12.0 Å². The van der Waals surface area contributed by atoms with E-state index < -0.39 is 0 Å². The molecule has 0 saturated heterocycles. The molecule has 1 rings (SSSR count). The van der Waals surface area contributed by atoms with Gasteiger partial charge < -0.3 is 5.32 Å². The molecule has 1 amide bonds. The zero-order valence-electron chi connectivity index (χ0n) is 15.9. The van der Waals surface area contributed by atoms with Crippen LogP contribution in [-0.2, 0) is 11.3 Å².